The molecule has 0 saturated carbocycles. The maximum atomic E-state index is 13.4. The van der Waals surface area contributed by atoms with Crippen molar-refractivity contribution in [3.05, 3.63) is 29.8 Å². The minimum atomic E-state index is -1.98. The summed E-state index contributed by atoms with van der Waals surface area (Å²) in [6.07, 6.45) is -4.58. The molecule has 1 rings (SSSR count). The zero-order chi connectivity index (χ0) is 47.3. The first-order chi connectivity index (χ1) is 29.1. The average molecular weight is 889 g/mol. The Labute approximate surface area is 351 Å². The van der Waals surface area contributed by atoms with E-state index in [-0.39, 0.29) is 12.2 Å². The van der Waals surface area contributed by atoms with Crippen LogP contribution in [0.5, 0.6) is 5.75 Å². The third-order valence-electron chi connectivity index (χ3n) is 8.59. The van der Waals surface area contributed by atoms with Crippen LogP contribution < -0.4 is 43.0 Å². The van der Waals surface area contributed by atoms with Gasteiger partial charge in [0.15, 0.2) is 0 Å². The van der Waals surface area contributed by atoms with E-state index in [0.717, 1.165) is 6.92 Å². The van der Waals surface area contributed by atoms with Gasteiger partial charge in [0, 0.05) is 19.3 Å². The molecule has 0 radical (unpaired) electrons. The van der Waals surface area contributed by atoms with Crippen molar-refractivity contribution in [2.75, 3.05) is 26.4 Å². The number of carboxylic acids is 3. The number of nitrogens with two attached hydrogens (primary N) is 1. The fraction of sp³-hybridized carbons (Fsp3) is 0.543. The van der Waals surface area contributed by atoms with Gasteiger partial charge in [-0.25, -0.2) is 4.79 Å². The first-order valence-electron chi connectivity index (χ1n) is 18.5. The normalized spacial score (nSPS) is 15.3. The van der Waals surface area contributed by atoms with E-state index in [1.54, 1.807) is 0 Å². The van der Waals surface area contributed by atoms with E-state index >= 15 is 0 Å². The number of aliphatic hydroxyl groups excluding tert-OH is 5. The second kappa shape index (κ2) is 26.6. The van der Waals surface area contributed by atoms with Gasteiger partial charge in [0.2, 0.25) is 41.4 Å². The van der Waals surface area contributed by atoms with Gasteiger partial charge >= 0.3 is 17.9 Å². The third-order valence-corrected chi connectivity index (χ3v) is 8.59. The number of phenolic OH excluding ortho intramolecular Hbond substituents is 1. The monoisotopic (exact) mass is 888 g/mol. The highest BCUT2D eigenvalue weighted by atomic mass is 16.4. The molecule has 27 heteroatoms. The van der Waals surface area contributed by atoms with Crippen molar-refractivity contribution in [3.8, 4) is 5.75 Å². The zero-order valence-electron chi connectivity index (χ0n) is 33.1. The molecule has 0 saturated heterocycles. The lowest BCUT2D eigenvalue weighted by Gasteiger charge is -2.27. The number of nitrogens with one attached hydrogen (secondary N) is 7. The van der Waals surface area contributed by atoms with Crippen LogP contribution in [0.3, 0.4) is 0 Å². The second-order valence-electron chi connectivity index (χ2n) is 13.5. The molecule has 0 aliphatic carbocycles. The summed E-state index contributed by atoms with van der Waals surface area (Å²) in [4.78, 5) is 125. The smallest absolute Gasteiger partial charge is 0.326 e. The molecule has 0 aliphatic rings. The van der Waals surface area contributed by atoms with Crippen molar-refractivity contribution in [3.63, 3.8) is 0 Å². The second-order valence-corrected chi connectivity index (χ2v) is 13.5. The lowest BCUT2D eigenvalue weighted by atomic mass is 10.0. The van der Waals surface area contributed by atoms with Crippen LogP contribution in [-0.4, -0.2) is 186 Å². The SMILES string of the molecule is C[C@@H](O)[C@H](NC(=O)[C@H](CO)NC(=O)[C@H](CO)NC(=O)[C@H](CO)NC(=O)[C@H](CCC(=O)O)NC(=O)[C@H](Cc1ccc(O)cc1)NC(=O)[C@@H](N)CO)C(=O)N[C@@H](CCC(=O)O)C(=O)O. The number of hydrogen-bond donors (Lipinski definition) is 17. The quantitative estimate of drug-likeness (QED) is 0.0371. The van der Waals surface area contributed by atoms with E-state index in [0.29, 0.717) is 5.56 Å². The highest BCUT2D eigenvalue weighted by Gasteiger charge is 2.35. The van der Waals surface area contributed by atoms with Crippen molar-refractivity contribution in [1.82, 2.24) is 37.2 Å². The molecule has 62 heavy (non-hydrogen) atoms. The first kappa shape index (κ1) is 53.5. The fourth-order valence-electron chi connectivity index (χ4n) is 5.09. The van der Waals surface area contributed by atoms with Gasteiger partial charge in [-0.05, 0) is 37.5 Å². The number of benzene rings is 1. The van der Waals surface area contributed by atoms with Crippen molar-refractivity contribution in [2.24, 2.45) is 5.73 Å². The summed E-state index contributed by atoms with van der Waals surface area (Å²) in [5.41, 5.74) is 5.93. The van der Waals surface area contributed by atoms with E-state index in [1.165, 1.54) is 24.3 Å². The van der Waals surface area contributed by atoms with Crippen molar-refractivity contribution in [1.29, 1.82) is 0 Å². The molecule has 1 aromatic carbocycles. The molecule has 18 N–H and O–H groups in total. The molecular formula is C35H52N8O19. The number of amides is 7. The van der Waals surface area contributed by atoms with Crippen LogP contribution in [-0.2, 0) is 54.4 Å². The minimum absolute atomic E-state index is 0.129. The number of aromatic hydroxyl groups is 1. The van der Waals surface area contributed by atoms with Gasteiger partial charge in [-0.15, -0.1) is 0 Å². The van der Waals surface area contributed by atoms with E-state index < -0.39 is 166 Å². The maximum absolute atomic E-state index is 13.4. The number of carbonyl (C=O) groups is 10. The minimum Gasteiger partial charge on any atom is -0.508 e. The molecular weight excluding hydrogens is 836 g/mol. The standard InChI is InChI=1S/C35H52N8O19/c1-15(48)27(34(60)38-20(35(61)62)7-9-26(52)53)43-33(59)24(14-47)42-32(58)23(13-46)41-31(57)22(12-45)40-29(55)19(6-8-25(50)51)37-30(56)21(39-28(54)18(36)11-44)10-16-2-4-17(49)5-3-16/h2-5,15,18-24,27,44-49H,6-14,36H2,1H3,(H,37,56)(H,38,60)(H,39,54)(H,40,55)(H,41,57)(H,42,58)(H,43,59)(H,50,51)(H,52,53)(H,61,62)/t15-,18+,19+,20+,21+,22+,23+,24+,27+/m1/s1. The number of hydrogen-bond acceptors (Lipinski definition) is 17. The van der Waals surface area contributed by atoms with Gasteiger partial charge in [0.05, 0.1) is 32.5 Å². The summed E-state index contributed by atoms with van der Waals surface area (Å²) in [5, 5.41) is 100. The first-order valence-corrected chi connectivity index (χ1v) is 18.5. The number of rotatable bonds is 28. The molecule has 27 nitrogen and oxygen atoms in total. The number of phenols is 1. The predicted octanol–water partition coefficient (Wildman–Crippen LogP) is -8.18. The topological polar surface area (TPSA) is 463 Å². The van der Waals surface area contributed by atoms with Gasteiger partial charge in [-0.2, -0.15) is 0 Å². The molecule has 7 amide bonds. The lowest BCUT2D eigenvalue weighted by Crippen LogP contribution is -2.62. The Morgan fingerprint density at radius 2 is 0.887 bits per heavy atom. The molecule has 0 aliphatic heterocycles. The van der Waals surface area contributed by atoms with Crippen molar-refractivity contribution >= 4 is 59.3 Å². The van der Waals surface area contributed by atoms with Crippen LogP contribution in [0.25, 0.3) is 0 Å². The summed E-state index contributed by atoms with van der Waals surface area (Å²) in [5.74, 6) is -13.3. The zero-order valence-corrected chi connectivity index (χ0v) is 33.1. The molecule has 0 aromatic heterocycles. The van der Waals surface area contributed by atoms with E-state index in [1.807, 2.05) is 21.3 Å². The van der Waals surface area contributed by atoms with Gasteiger partial charge < -0.3 is 88.9 Å². The number of carboxylic acid groups (broad SMARTS) is 3. The van der Waals surface area contributed by atoms with Gasteiger partial charge in [-0.3, -0.25) is 43.2 Å². The maximum Gasteiger partial charge on any atom is 0.326 e. The Morgan fingerprint density at radius 3 is 1.29 bits per heavy atom. The van der Waals surface area contributed by atoms with E-state index in [9.17, 15) is 88.8 Å². The van der Waals surface area contributed by atoms with E-state index in [2.05, 4.69) is 16.0 Å². The van der Waals surface area contributed by atoms with Crippen LogP contribution in [0, 0.1) is 0 Å². The third kappa shape index (κ3) is 18.4. The predicted molar refractivity (Wildman–Crippen MR) is 205 cm³/mol. The molecule has 1 aromatic rings. The lowest BCUT2D eigenvalue weighted by molar-refractivity contribution is -0.144. The van der Waals surface area contributed by atoms with Crippen LogP contribution in [0.4, 0.5) is 0 Å². The van der Waals surface area contributed by atoms with E-state index in [4.69, 9.17) is 10.8 Å². The molecule has 9 atom stereocenters. The summed E-state index contributed by atoms with van der Waals surface area (Å²) in [6, 6.07) is -8.98. The Balaban J connectivity index is 3.15. The Hall–Kier alpha value is -6.52. The summed E-state index contributed by atoms with van der Waals surface area (Å²) >= 11 is 0. The van der Waals surface area contributed by atoms with Crippen LogP contribution in [0.2, 0.25) is 0 Å². The number of aliphatic hydroxyl groups is 5. The number of carbonyl (C=O) groups excluding carboxylic acids is 7. The van der Waals surface area contributed by atoms with Gasteiger partial charge in [0.25, 0.3) is 0 Å². The fourth-order valence-corrected chi connectivity index (χ4v) is 5.09. The molecule has 0 spiro atoms. The highest BCUT2D eigenvalue weighted by molar-refractivity contribution is 5.98. The largest absolute Gasteiger partial charge is 0.508 e. The Kier molecular flexibility index (Phi) is 23.0. The van der Waals surface area contributed by atoms with Crippen molar-refractivity contribution in [2.45, 2.75) is 93.5 Å². The average Bonchev–Trinajstić information content (AvgIpc) is 3.21. The van der Waals surface area contributed by atoms with Crippen LogP contribution >= 0.6 is 0 Å². The molecule has 0 bridgehead atoms. The molecule has 0 fully saturated rings. The number of aliphatic carboxylic acids is 3. The Morgan fingerprint density at radius 1 is 0.516 bits per heavy atom. The van der Waals surface area contributed by atoms with Crippen LogP contribution in [0.15, 0.2) is 24.3 Å². The molecule has 0 unspecified atom stereocenters. The Bertz CT molecular complexity index is 1750. The molecule has 346 valence electrons. The van der Waals surface area contributed by atoms with Gasteiger partial charge in [-0.1, -0.05) is 12.1 Å². The van der Waals surface area contributed by atoms with Crippen molar-refractivity contribution < 1.29 is 93.9 Å². The summed E-state index contributed by atoms with van der Waals surface area (Å²) < 4.78 is 0. The highest BCUT2D eigenvalue weighted by Crippen LogP contribution is 2.12. The summed E-state index contributed by atoms with van der Waals surface area (Å²) in [6.45, 7) is -3.40. The van der Waals surface area contributed by atoms with Gasteiger partial charge in [0.1, 0.15) is 54.1 Å². The van der Waals surface area contributed by atoms with Crippen LogP contribution in [0.1, 0.15) is 38.2 Å². The molecule has 0 heterocycles. The summed E-state index contributed by atoms with van der Waals surface area (Å²) in [7, 11) is 0.